The SMILES string of the molecule is Cc1nc(C(C)(c2ccc(Br)cc2)C2CC2)no1. The lowest BCUT2D eigenvalue weighted by Crippen LogP contribution is -2.27. The minimum atomic E-state index is -0.127. The van der Waals surface area contributed by atoms with E-state index in [1.165, 1.54) is 18.4 Å². The van der Waals surface area contributed by atoms with Gasteiger partial charge in [-0.05, 0) is 43.4 Å². The monoisotopic (exact) mass is 306 g/mol. The van der Waals surface area contributed by atoms with Crippen LogP contribution in [0.1, 0.15) is 37.0 Å². The smallest absolute Gasteiger partial charge is 0.223 e. The summed E-state index contributed by atoms with van der Waals surface area (Å²) >= 11 is 3.48. The molecule has 1 aliphatic carbocycles. The number of halogens is 1. The van der Waals surface area contributed by atoms with E-state index in [0.29, 0.717) is 11.8 Å². The second-order valence-corrected chi connectivity index (χ2v) is 6.04. The third-order valence-electron chi connectivity index (χ3n) is 3.83. The van der Waals surface area contributed by atoms with Crippen LogP contribution in [0.3, 0.4) is 0 Å². The van der Waals surface area contributed by atoms with E-state index in [-0.39, 0.29) is 5.41 Å². The van der Waals surface area contributed by atoms with Crippen molar-refractivity contribution in [2.75, 3.05) is 0 Å². The van der Waals surface area contributed by atoms with Crippen molar-refractivity contribution in [3.63, 3.8) is 0 Å². The Kier molecular flexibility index (Phi) is 2.77. The summed E-state index contributed by atoms with van der Waals surface area (Å²) in [6.07, 6.45) is 2.47. The van der Waals surface area contributed by atoms with Crippen molar-refractivity contribution in [3.8, 4) is 0 Å². The van der Waals surface area contributed by atoms with Gasteiger partial charge in [0.05, 0.1) is 5.41 Å². The van der Waals surface area contributed by atoms with Crippen molar-refractivity contribution >= 4 is 15.9 Å². The molecule has 0 spiro atoms. The van der Waals surface area contributed by atoms with Crippen LogP contribution in [0.2, 0.25) is 0 Å². The van der Waals surface area contributed by atoms with Crippen LogP contribution in [0.25, 0.3) is 0 Å². The molecule has 0 bridgehead atoms. The van der Waals surface area contributed by atoms with E-state index >= 15 is 0 Å². The summed E-state index contributed by atoms with van der Waals surface area (Å²) in [6, 6.07) is 8.44. The van der Waals surface area contributed by atoms with Crippen LogP contribution in [0.4, 0.5) is 0 Å². The molecule has 18 heavy (non-hydrogen) atoms. The molecule has 2 aromatic rings. The lowest BCUT2D eigenvalue weighted by atomic mass is 9.77. The summed E-state index contributed by atoms with van der Waals surface area (Å²) in [5, 5.41) is 4.15. The molecular weight excluding hydrogens is 292 g/mol. The van der Waals surface area contributed by atoms with Crippen LogP contribution < -0.4 is 0 Å². The molecule has 1 aromatic heterocycles. The summed E-state index contributed by atoms with van der Waals surface area (Å²) in [6.45, 7) is 4.06. The van der Waals surface area contributed by atoms with Crippen molar-refractivity contribution in [1.82, 2.24) is 10.1 Å². The number of benzene rings is 1. The van der Waals surface area contributed by atoms with Crippen molar-refractivity contribution in [1.29, 1.82) is 0 Å². The maximum Gasteiger partial charge on any atom is 0.223 e. The average molecular weight is 307 g/mol. The van der Waals surface area contributed by atoms with Gasteiger partial charge in [0.25, 0.3) is 0 Å². The highest BCUT2D eigenvalue weighted by Gasteiger charge is 2.47. The van der Waals surface area contributed by atoms with E-state index in [9.17, 15) is 0 Å². The minimum absolute atomic E-state index is 0.127. The van der Waals surface area contributed by atoms with Crippen LogP contribution in [-0.2, 0) is 5.41 Å². The van der Waals surface area contributed by atoms with Gasteiger partial charge in [-0.3, -0.25) is 0 Å². The topological polar surface area (TPSA) is 38.9 Å². The Balaban J connectivity index is 2.08. The molecule has 0 radical (unpaired) electrons. The third-order valence-corrected chi connectivity index (χ3v) is 4.36. The van der Waals surface area contributed by atoms with Gasteiger partial charge in [-0.2, -0.15) is 4.98 Å². The number of rotatable bonds is 3. The molecule has 1 heterocycles. The number of hydrogen-bond acceptors (Lipinski definition) is 3. The Bertz CT molecular complexity index is 559. The predicted molar refractivity (Wildman–Crippen MR) is 72.4 cm³/mol. The summed E-state index contributed by atoms with van der Waals surface area (Å²) in [4.78, 5) is 4.45. The second kappa shape index (κ2) is 4.19. The molecule has 3 rings (SSSR count). The molecule has 1 aromatic carbocycles. The standard InChI is InChI=1S/C14H15BrN2O/c1-9-16-13(17-18-9)14(2,10-3-4-10)11-5-7-12(15)8-6-11/h5-8,10H,3-4H2,1-2H3. The summed E-state index contributed by atoms with van der Waals surface area (Å²) in [7, 11) is 0. The van der Waals surface area contributed by atoms with Crippen molar-refractivity contribution in [2.45, 2.75) is 32.1 Å². The quantitative estimate of drug-likeness (QED) is 0.864. The van der Waals surface area contributed by atoms with E-state index in [2.05, 4.69) is 57.3 Å². The first-order valence-corrected chi connectivity index (χ1v) is 6.97. The Labute approximate surface area is 115 Å². The zero-order valence-corrected chi connectivity index (χ0v) is 12.1. The summed E-state index contributed by atoms with van der Waals surface area (Å²) in [5.41, 5.74) is 1.13. The molecule has 1 aliphatic rings. The van der Waals surface area contributed by atoms with Crippen LogP contribution in [-0.4, -0.2) is 10.1 Å². The fourth-order valence-electron chi connectivity index (χ4n) is 2.51. The average Bonchev–Trinajstić information content (AvgIpc) is 3.12. The van der Waals surface area contributed by atoms with E-state index in [1.54, 1.807) is 0 Å². The first-order valence-electron chi connectivity index (χ1n) is 6.17. The van der Waals surface area contributed by atoms with Gasteiger partial charge in [0.2, 0.25) is 5.89 Å². The maximum absolute atomic E-state index is 5.16. The van der Waals surface area contributed by atoms with Gasteiger partial charge in [0, 0.05) is 11.4 Å². The first kappa shape index (κ1) is 11.9. The predicted octanol–water partition coefficient (Wildman–Crippen LogP) is 3.86. The third kappa shape index (κ3) is 1.88. The molecule has 1 unspecified atom stereocenters. The fourth-order valence-corrected chi connectivity index (χ4v) is 2.78. The number of nitrogens with zero attached hydrogens (tertiary/aromatic N) is 2. The van der Waals surface area contributed by atoms with E-state index < -0.39 is 0 Å². The second-order valence-electron chi connectivity index (χ2n) is 5.12. The van der Waals surface area contributed by atoms with Crippen LogP contribution >= 0.6 is 15.9 Å². The van der Waals surface area contributed by atoms with Gasteiger partial charge in [-0.25, -0.2) is 0 Å². The zero-order valence-electron chi connectivity index (χ0n) is 10.5. The molecular formula is C14H15BrN2O. The molecule has 1 atom stereocenters. The Morgan fingerprint density at radius 2 is 1.94 bits per heavy atom. The molecule has 0 aliphatic heterocycles. The Morgan fingerprint density at radius 1 is 1.28 bits per heavy atom. The van der Waals surface area contributed by atoms with Crippen LogP contribution in [0.5, 0.6) is 0 Å². The van der Waals surface area contributed by atoms with Crippen LogP contribution in [0, 0.1) is 12.8 Å². The zero-order chi connectivity index (χ0) is 12.8. The molecule has 94 valence electrons. The number of hydrogen-bond donors (Lipinski definition) is 0. The van der Waals surface area contributed by atoms with Crippen LogP contribution in [0.15, 0.2) is 33.3 Å². The van der Waals surface area contributed by atoms with E-state index in [1.807, 2.05) is 6.92 Å². The van der Waals surface area contributed by atoms with Gasteiger partial charge in [0.1, 0.15) is 0 Å². The van der Waals surface area contributed by atoms with Gasteiger partial charge in [0.15, 0.2) is 5.82 Å². The van der Waals surface area contributed by atoms with Crippen molar-refractivity contribution in [2.24, 2.45) is 5.92 Å². The van der Waals surface area contributed by atoms with Crippen molar-refractivity contribution < 1.29 is 4.52 Å². The molecule has 0 amide bonds. The van der Waals surface area contributed by atoms with E-state index in [4.69, 9.17) is 4.52 Å². The normalized spacial score (nSPS) is 18.6. The largest absolute Gasteiger partial charge is 0.340 e. The first-order chi connectivity index (χ1) is 8.60. The van der Waals surface area contributed by atoms with Crippen molar-refractivity contribution in [3.05, 3.63) is 46.0 Å². The molecule has 1 saturated carbocycles. The molecule has 1 fully saturated rings. The maximum atomic E-state index is 5.16. The summed E-state index contributed by atoms with van der Waals surface area (Å²) < 4.78 is 6.25. The highest BCUT2D eigenvalue weighted by atomic mass is 79.9. The Hall–Kier alpha value is -1.16. The van der Waals surface area contributed by atoms with Gasteiger partial charge in [-0.15, -0.1) is 0 Å². The van der Waals surface area contributed by atoms with Gasteiger partial charge >= 0.3 is 0 Å². The molecule has 0 saturated heterocycles. The minimum Gasteiger partial charge on any atom is -0.340 e. The number of aromatic nitrogens is 2. The van der Waals surface area contributed by atoms with E-state index in [0.717, 1.165) is 10.3 Å². The summed E-state index contributed by atoms with van der Waals surface area (Å²) in [5.74, 6) is 2.06. The highest BCUT2D eigenvalue weighted by molar-refractivity contribution is 9.10. The lowest BCUT2D eigenvalue weighted by molar-refractivity contribution is 0.365. The fraction of sp³-hybridized carbons (Fsp3) is 0.429. The number of aryl methyl sites for hydroxylation is 1. The molecule has 0 N–H and O–H groups in total. The van der Waals surface area contributed by atoms with Gasteiger partial charge < -0.3 is 4.52 Å². The molecule has 4 heteroatoms. The Morgan fingerprint density at radius 3 is 2.44 bits per heavy atom. The van der Waals surface area contributed by atoms with Gasteiger partial charge in [-0.1, -0.05) is 33.2 Å². The highest BCUT2D eigenvalue weighted by Crippen LogP contribution is 2.50. The lowest BCUT2D eigenvalue weighted by Gasteiger charge is -2.26. The molecule has 3 nitrogen and oxygen atoms in total.